The lowest BCUT2D eigenvalue weighted by molar-refractivity contribution is -0.116. The molecule has 0 aliphatic rings. The number of alkyl halides is 1. The highest BCUT2D eigenvalue weighted by atomic mass is 35.5. The molecule has 0 heterocycles. The molecule has 0 fully saturated rings. The van der Waals surface area contributed by atoms with E-state index in [-0.39, 0.29) is 11.8 Å². The summed E-state index contributed by atoms with van der Waals surface area (Å²) in [6, 6.07) is 5.35. The highest BCUT2D eigenvalue weighted by molar-refractivity contribution is 6.32. The maximum absolute atomic E-state index is 11.5. The molecule has 2 amide bonds. The summed E-state index contributed by atoms with van der Waals surface area (Å²) in [5.74, 6) is -0.333. The first-order chi connectivity index (χ1) is 8.43. The molecule has 1 unspecified atom stereocenters. The SMILES string of the molecule is CCC(=O)Nc1ccc(C)c(NC(=O)C(C)Cl)c1. The van der Waals surface area contributed by atoms with Gasteiger partial charge in [0.25, 0.3) is 0 Å². The van der Waals surface area contributed by atoms with Crippen molar-refractivity contribution in [1.82, 2.24) is 0 Å². The maximum atomic E-state index is 11.5. The summed E-state index contributed by atoms with van der Waals surface area (Å²) >= 11 is 5.70. The molecule has 0 radical (unpaired) electrons. The largest absolute Gasteiger partial charge is 0.326 e. The van der Waals surface area contributed by atoms with Crippen molar-refractivity contribution >= 4 is 34.8 Å². The van der Waals surface area contributed by atoms with Gasteiger partial charge in [-0.3, -0.25) is 9.59 Å². The second kappa shape index (κ2) is 6.40. The van der Waals surface area contributed by atoms with Crippen LogP contribution in [0.4, 0.5) is 11.4 Å². The molecule has 0 aliphatic carbocycles. The highest BCUT2D eigenvalue weighted by Gasteiger charge is 2.11. The van der Waals surface area contributed by atoms with Gasteiger partial charge in [-0.25, -0.2) is 0 Å². The average molecular weight is 269 g/mol. The first-order valence-electron chi connectivity index (χ1n) is 5.79. The number of hydrogen-bond acceptors (Lipinski definition) is 2. The van der Waals surface area contributed by atoms with Crippen molar-refractivity contribution in [2.75, 3.05) is 10.6 Å². The van der Waals surface area contributed by atoms with Crippen molar-refractivity contribution in [3.05, 3.63) is 23.8 Å². The number of halogens is 1. The van der Waals surface area contributed by atoms with E-state index in [1.165, 1.54) is 0 Å². The van der Waals surface area contributed by atoms with Crippen LogP contribution in [0.3, 0.4) is 0 Å². The molecule has 5 heteroatoms. The first kappa shape index (κ1) is 14.5. The molecule has 0 saturated carbocycles. The van der Waals surface area contributed by atoms with Crippen LogP contribution in [0, 0.1) is 6.92 Å². The minimum absolute atomic E-state index is 0.0677. The minimum atomic E-state index is -0.599. The lowest BCUT2D eigenvalue weighted by atomic mass is 10.1. The van der Waals surface area contributed by atoms with E-state index in [4.69, 9.17) is 11.6 Å². The van der Waals surface area contributed by atoms with Gasteiger partial charge in [-0.2, -0.15) is 0 Å². The van der Waals surface area contributed by atoms with Gasteiger partial charge in [-0.15, -0.1) is 11.6 Å². The van der Waals surface area contributed by atoms with Gasteiger partial charge in [0.2, 0.25) is 11.8 Å². The Hall–Kier alpha value is -1.55. The van der Waals surface area contributed by atoms with Gasteiger partial charge in [0.15, 0.2) is 0 Å². The fourth-order valence-electron chi connectivity index (χ4n) is 1.32. The summed E-state index contributed by atoms with van der Waals surface area (Å²) in [6.45, 7) is 5.26. The van der Waals surface area contributed by atoms with Crippen LogP contribution < -0.4 is 10.6 Å². The molecular weight excluding hydrogens is 252 g/mol. The Balaban J connectivity index is 2.87. The van der Waals surface area contributed by atoms with Crippen LogP contribution in [0.15, 0.2) is 18.2 Å². The third-order valence-electron chi connectivity index (χ3n) is 2.46. The van der Waals surface area contributed by atoms with Crippen LogP contribution in [-0.4, -0.2) is 17.2 Å². The van der Waals surface area contributed by atoms with Crippen molar-refractivity contribution in [3.8, 4) is 0 Å². The van der Waals surface area contributed by atoms with Crippen molar-refractivity contribution in [3.63, 3.8) is 0 Å². The Bertz CT molecular complexity index is 458. The lowest BCUT2D eigenvalue weighted by Crippen LogP contribution is -2.21. The van der Waals surface area contributed by atoms with Gasteiger partial charge in [-0.05, 0) is 31.5 Å². The summed E-state index contributed by atoms with van der Waals surface area (Å²) < 4.78 is 0. The molecular formula is C13H17ClN2O2. The van der Waals surface area contributed by atoms with Crippen LogP contribution >= 0.6 is 11.6 Å². The maximum Gasteiger partial charge on any atom is 0.242 e. The van der Waals surface area contributed by atoms with Gasteiger partial charge < -0.3 is 10.6 Å². The van der Waals surface area contributed by atoms with Crippen LogP contribution in [0.2, 0.25) is 0 Å². The van der Waals surface area contributed by atoms with E-state index in [1.807, 2.05) is 13.0 Å². The van der Waals surface area contributed by atoms with Crippen molar-refractivity contribution < 1.29 is 9.59 Å². The summed E-state index contributed by atoms with van der Waals surface area (Å²) in [7, 11) is 0. The van der Waals surface area contributed by atoms with Crippen molar-refractivity contribution in [2.24, 2.45) is 0 Å². The van der Waals surface area contributed by atoms with Gasteiger partial charge in [0.05, 0.1) is 0 Å². The van der Waals surface area contributed by atoms with Crippen LogP contribution in [0.25, 0.3) is 0 Å². The molecule has 0 spiro atoms. The zero-order chi connectivity index (χ0) is 13.7. The fourth-order valence-corrected chi connectivity index (χ4v) is 1.37. The number of rotatable bonds is 4. The standard InChI is InChI=1S/C13H17ClN2O2/c1-4-12(17)15-10-6-5-8(2)11(7-10)16-13(18)9(3)14/h5-7,9H,4H2,1-3H3,(H,15,17)(H,16,18). The molecule has 98 valence electrons. The number of carbonyl (C=O) groups excluding carboxylic acids is 2. The third kappa shape index (κ3) is 4.04. The van der Waals surface area contributed by atoms with Gasteiger partial charge in [-0.1, -0.05) is 13.0 Å². The molecule has 4 nitrogen and oxygen atoms in total. The minimum Gasteiger partial charge on any atom is -0.326 e. The molecule has 0 saturated heterocycles. The van der Waals surface area contributed by atoms with Crippen LogP contribution in [-0.2, 0) is 9.59 Å². The van der Waals surface area contributed by atoms with Crippen molar-refractivity contribution in [2.45, 2.75) is 32.6 Å². The van der Waals surface area contributed by atoms with E-state index in [2.05, 4.69) is 10.6 Å². The second-order valence-corrected chi connectivity index (χ2v) is 4.69. The molecule has 1 rings (SSSR count). The van der Waals surface area contributed by atoms with E-state index in [1.54, 1.807) is 26.0 Å². The van der Waals surface area contributed by atoms with Crippen molar-refractivity contribution in [1.29, 1.82) is 0 Å². The molecule has 0 aromatic heterocycles. The normalized spacial score (nSPS) is 11.8. The summed E-state index contributed by atoms with van der Waals surface area (Å²) in [4.78, 5) is 22.8. The molecule has 0 bridgehead atoms. The Kier molecular flexibility index (Phi) is 5.16. The predicted octanol–water partition coefficient (Wildman–Crippen LogP) is 2.91. The number of carbonyl (C=O) groups is 2. The van der Waals surface area contributed by atoms with E-state index in [0.717, 1.165) is 5.56 Å². The predicted molar refractivity (Wildman–Crippen MR) is 74.0 cm³/mol. The fraction of sp³-hybridized carbons (Fsp3) is 0.385. The molecule has 0 aliphatic heterocycles. The average Bonchev–Trinajstić information content (AvgIpc) is 2.33. The number of amides is 2. The summed E-state index contributed by atoms with van der Waals surface area (Å²) in [6.07, 6.45) is 0.411. The number of aryl methyl sites for hydroxylation is 1. The third-order valence-corrected chi connectivity index (χ3v) is 2.66. The smallest absolute Gasteiger partial charge is 0.242 e. The number of benzene rings is 1. The highest BCUT2D eigenvalue weighted by Crippen LogP contribution is 2.21. The quantitative estimate of drug-likeness (QED) is 0.825. The first-order valence-corrected chi connectivity index (χ1v) is 6.23. The van der Waals surface area contributed by atoms with Crippen LogP contribution in [0.5, 0.6) is 0 Å². The number of anilines is 2. The van der Waals surface area contributed by atoms with E-state index in [9.17, 15) is 9.59 Å². The van der Waals surface area contributed by atoms with E-state index < -0.39 is 5.38 Å². The molecule has 2 N–H and O–H groups in total. The monoisotopic (exact) mass is 268 g/mol. The Morgan fingerprint density at radius 1 is 1.33 bits per heavy atom. The Morgan fingerprint density at radius 2 is 2.00 bits per heavy atom. The van der Waals surface area contributed by atoms with Crippen LogP contribution in [0.1, 0.15) is 25.8 Å². The molecule has 1 atom stereocenters. The summed E-state index contributed by atoms with van der Waals surface area (Å²) in [5, 5.41) is 4.86. The lowest BCUT2D eigenvalue weighted by Gasteiger charge is -2.12. The summed E-state index contributed by atoms with van der Waals surface area (Å²) in [5.41, 5.74) is 2.22. The Labute approximate surface area is 112 Å². The molecule has 1 aromatic rings. The molecule has 1 aromatic carbocycles. The van der Waals surface area contributed by atoms with E-state index >= 15 is 0 Å². The van der Waals surface area contributed by atoms with Gasteiger partial charge in [0.1, 0.15) is 5.38 Å². The zero-order valence-electron chi connectivity index (χ0n) is 10.7. The Morgan fingerprint density at radius 3 is 2.56 bits per heavy atom. The van der Waals surface area contributed by atoms with E-state index in [0.29, 0.717) is 17.8 Å². The topological polar surface area (TPSA) is 58.2 Å². The second-order valence-electron chi connectivity index (χ2n) is 4.04. The molecule has 18 heavy (non-hydrogen) atoms. The van der Waals surface area contributed by atoms with Gasteiger partial charge in [0, 0.05) is 17.8 Å². The zero-order valence-corrected chi connectivity index (χ0v) is 11.5. The number of hydrogen-bond donors (Lipinski definition) is 2. The van der Waals surface area contributed by atoms with Gasteiger partial charge >= 0.3 is 0 Å². The number of nitrogens with one attached hydrogen (secondary N) is 2.